The number of nitrogens with zero attached hydrogens (tertiary/aromatic N) is 4. The average molecular weight is 435 g/mol. The second-order valence-electron chi connectivity index (χ2n) is 8.77. The van der Waals surface area contributed by atoms with Crippen LogP contribution in [-0.4, -0.2) is 52.7 Å². The monoisotopic (exact) mass is 434 g/mol. The predicted molar refractivity (Wildman–Crippen MR) is 128 cm³/mol. The van der Waals surface area contributed by atoms with Crippen LogP contribution in [0.15, 0.2) is 41.2 Å². The van der Waals surface area contributed by atoms with Gasteiger partial charge in [-0.3, -0.25) is 4.79 Å². The summed E-state index contributed by atoms with van der Waals surface area (Å²) >= 11 is 0. The standard InChI is InChI=1S/C24H27FN6O/c1-14(2)31-19-8-7-15(30-11-9-29(3)10-12-30)13-18(19)27-23(31)21-22(26)20-16(25)5-4-6-17(20)28-24(21)32/h4-8,13-14H,9-12H2,1-3H3,(H3,26,28,32). The highest BCUT2D eigenvalue weighted by molar-refractivity contribution is 5.98. The minimum absolute atomic E-state index is 0.0274. The van der Waals surface area contributed by atoms with Gasteiger partial charge in [-0.25, -0.2) is 9.37 Å². The van der Waals surface area contributed by atoms with Crippen LogP contribution in [0.25, 0.3) is 33.3 Å². The third-order valence-electron chi connectivity index (χ3n) is 6.31. The molecule has 7 nitrogen and oxygen atoms in total. The van der Waals surface area contributed by atoms with Crippen LogP contribution in [0.1, 0.15) is 19.9 Å². The van der Waals surface area contributed by atoms with E-state index < -0.39 is 5.82 Å². The second-order valence-corrected chi connectivity index (χ2v) is 8.77. The number of benzene rings is 2. The van der Waals surface area contributed by atoms with Crippen molar-refractivity contribution in [3.8, 4) is 11.4 Å². The van der Waals surface area contributed by atoms with Gasteiger partial charge in [-0.15, -0.1) is 0 Å². The van der Waals surface area contributed by atoms with Gasteiger partial charge in [0.05, 0.1) is 27.6 Å². The van der Waals surface area contributed by atoms with Gasteiger partial charge < -0.3 is 25.1 Å². The number of rotatable bonds is 3. The molecule has 166 valence electrons. The second kappa shape index (κ2) is 7.63. The fraction of sp³-hybridized carbons (Fsp3) is 0.333. The lowest BCUT2D eigenvalue weighted by molar-refractivity contribution is 0.313. The molecule has 3 heterocycles. The minimum Gasteiger partial charge on any atom is -0.397 e. The molecule has 8 heteroatoms. The first-order valence-corrected chi connectivity index (χ1v) is 10.9. The number of pyridine rings is 1. The third-order valence-corrected chi connectivity index (χ3v) is 6.31. The molecule has 0 radical (unpaired) electrons. The minimum atomic E-state index is -0.470. The van der Waals surface area contributed by atoms with Crippen molar-refractivity contribution in [1.29, 1.82) is 0 Å². The van der Waals surface area contributed by atoms with Gasteiger partial charge in [0, 0.05) is 37.9 Å². The highest BCUT2D eigenvalue weighted by atomic mass is 19.1. The molecule has 2 aromatic carbocycles. The van der Waals surface area contributed by atoms with E-state index in [2.05, 4.69) is 34.0 Å². The van der Waals surface area contributed by atoms with E-state index in [1.54, 1.807) is 12.1 Å². The Morgan fingerprint density at radius 2 is 1.88 bits per heavy atom. The van der Waals surface area contributed by atoms with Gasteiger partial charge in [0.1, 0.15) is 17.2 Å². The molecule has 0 spiro atoms. The number of aromatic amines is 1. The molecule has 4 aromatic rings. The van der Waals surface area contributed by atoms with Crippen molar-refractivity contribution < 1.29 is 4.39 Å². The number of piperazine rings is 1. The van der Waals surface area contributed by atoms with E-state index in [0.717, 1.165) is 42.9 Å². The van der Waals surface area contributed by atoms with Gasteiger partial charge in [0.25, 0.3) is 5.56 Å². The van der Waals surface area contributed by atoms with Crippen LogP contribution in [0.2, 0.25) is 0 Å². The Morgan fingerprint density at radius 3 is 2.59 bits per heavy atom. The Bertz CT molecular complexity index is 1380. The number of aromatic nitrogens is 3. The molecule has 0 unspecified atom stereocenters. The molecule has 0 amide bonds. The number of anilines is 2. The maximum Gasteiger partial charge on any atom is 0.261 e. The maximum absolute atomic E-state index is 14.6. The molecule has 1 saturated heterocycles. The van der Waals surface area contributed by atoms with Gasteiger partial charge in [0.2, 0.25) is 0 Å². The number of halogens is 1. The molecule has 1 fully saturated rings. The molecule has 1 aliphatic heterocycles. The molecule has 0 atom stereocenters. The van der Waals surface area contributed by atoms with Crippen LogP contribution < -0.4 is 16.2 Å². The molecule has 0 saturated carbocycles. The molecule has 0 aliphatic carbocycles. The molecular formula is C24H27FN6O. The molecule has 32 heavy (non-hydrogen) atoms. The van der Waals surface area contributed by atoms with Crippen LogP contribution in [0.3, 0.4) is 0 Å². The summed E-state index contributed by atoms with van der Waals surface area (Å²) in [5.74, 6) is -0.0171. The number of hydrogen-bond donors (Lipinski definition) is 2. The Hall–Kier alpha value is -3.39. The van der Waals surface area contributed by atoms with Gasteiger partial charge >= 0.3 is 0 Å². The number of H-pyrrole nitrogens is 1. The van der Waals surface area contributed by atoms with Crippen molar-refractivity contribution in [3.05, 3.63) is 52.6 Å². The zero-order valence-electron chi connectivity index (χ0n) is 18.5. The highest BCUT2D eigenvalue weighted by Crippen LogP contribution is 2.34. The Morgan fingerprint density at radius 1 is 1.12 bits per heavy atom. The van der Waals surface area contributed by atoms with Crippen molar-refractivity contribution in [1.82, 2.24) is 19.4 Å². The number of likely N-dealkylation sites (N-methyl/N-ethyl adjacent to an activating group) is 1. The lowest BCUT2D eigenvalue weighted by Gasteiger charge is -2.34. The number of fused-ring (bicyclic) bond motifs is 2. The smallest absolute Gasteiger partial charge is 0.261 e. The zero-order valence-corrected chi connectivity index (χ0v) is 18.5. The lowest BCUT2D eigenvalue weighted by Crippen LogP contribution is -2.44. The van der Waals surface area contributed by atoms with E-state index in [0.29, 0.717) is 11.3 Å². The van der Waals surface area contributed by atoms with Crippen molar-refractivity contribution >= 4 is 33.3 Å². The Balaban J connectivity index is 1.72. The van der Waals surface area contributed by atoms with Crippen molar-refractivity contribution in [2.24, 2.45) is 0 Å². The first kappa shape index (κ1) is 20.5. The Kier molecular flexibility index (Phi) is 4.89. The van der Waals surface area contributed by atoms with Crippen LogP contribution in [-0.2, 0) is 0 Å². The number of nitrogen functional groups attached to an aromatic ring is 1. The maximum atomic E-state index is 14.6. The van der Waals surface area contributed by atoms with E-state index in [4.69, 9.17) is 10.7 Å². The number of imidazole rings is 1. The molecule has 2 aromatic heterocycles. The molecular weight excluding hydrogens is 407 g/mol. The van der Waals surface area contributed by atoms with E-state index in [-0.39, 0.29) is 28.2 Å². The third kappa shape index (κ3) is 3.22. The van der Waals surface area contributed by atoms with Crippen LogP contribution >= 0.6 is 0 Å². The Labute approximate surface area is 185 Å². The molecule has 1 aliphatic rings. The summed E-state index contributed by atoms with van der Waals surface area (Å²) in [6, 6.07) is 10.8. The molecule has 0 bridgehead atoms. The van der Waals surface area contributed by atoms with Gasteiger partial charge in [0.15, 0.2) is 0 Å². The number of hydrogen-bond acceptors (Lipinski definition) is 5. The van der Waals surface area contributed by atoms with Gasteiger partial charge in [-0.2, -0.15) is 0 Å². The fourth-order valence-corrected chi connectivity index (χ4v) is 4.60. The summed E-state index contributed by atoms with van der Waals surface area (Å²) in [6.07, 6.45) is 0. The van der Waals surface area contributed by atoms with E-state index in [1.807, 2.05) is 24.5 Å². The summed E-state index contributed by atoms with van der Waals surface area (Å²) in [6.45, 7) is 8.00. The summed E-state index contributed by atoms with van der Waals surface area (Å²) in [5, 5.41) is 0.211. The summed E-state index contributed by atoms with van der Waals surface area (Å²) in [5.41, 5.74) is 9.50. The molecule has 5 rings (SSSR count). The van der Waals surface area contributed by atoms with Crippen molar-refractivity contribution in [2.75, 3.05) is 43.9 Å². The summed E-state index contributed by atoms with van der Waals surface area (Å²) < 4.78 is 16.6. The predicted octanol–water partition coefficient (Wildman–Crippen LogP) is 3.60. The largest absolute Gasteiger partial charge is 0.397 e. The fourth-order valence-electron chi connectivity index (χ4n) is 4.60. The molecule has 3 N–H and O–H groups in total. The van der Waals surface area contributed by atoms with Crippen molar-refractivity contribution in [3.63, 3.8) is 0 Å². The topological polar surface area (TPSA) is 83.2 Å². The lowest BCUT2D eigenvalue weighted by atomic mass is 10.1. The van der Waals surface area contributed by atoms with E-state index in [9.17, 15) is 9.18 Å². The van der Waals surface area contributed by atoms with E-state index in [1.165, 1.54) is 6.07 Å². The summed E-state index contributed by atoms with van der Waals surface area (Å²) in [4.78, 5) is 25.3. The highest BCUT2D eigenvalue weighted by Gasteiger charge is 2.23. The van der Waals surface area contributed by atoms with Gasteiger partial charge in [-0.1, -0.05) is 6.07 Å². The summed E-state index contributed by atoms with van der Waals surface area (Å²) in [7, 11) is 2.13. The SMILES string of the molecule is CC(C)n1c(-c2c(N)c3c(F)cccc3[nH]c2=O)nc2cc(N3CCN(C)CC3)ccc21. The number of nitrogens with one attached hydrogen (secondary N) is 1. The van der Waals surface area contributed by atoms with E-state index >= 15 is 0 Å². The first-order valence-electron chi connectivity index (χ1n) is 10.9. The average Bonchev–Trinajstić information content (AvgIpc) is 3.12. The quantitative estimate of drug-likeness (QED) is 0.515. The van der Waals surface area contributed by atoms with Crippen LogP contribution in [0.4, 0.5) is 15.8 Å². The van der Waals surface area contributed by atoms with Crippen molar-refractivity contribution in [2.45, 2.75) is 19.9 Å². The first-order chi connectivity index (χ1) is 15.3. The van der Waals surface area contributed by atoms with Crippen LogP contribution in [0, 0.1) is 5.82 Å². The zero-order chi connectivity index (χ0) is 22.6. The number of nitrogens with two attached hydrogens (primary N) is 1. The van der Waals surface area contributed by atoms with Crippen LogP contribution in [0.5, 0.6) is 0 Å². The van der Waals surface area contributed by atoms with Gasteiger partial charge in [-0.05, 0) is 51.2 Å². The normalized spacial score (nSPS) is 15.3.